The number of halogens is 1. The Labute approximate surface area is 198 Å². The third-order valence-corrected chi connectivity index (χ3v) is 8.66. The summed E-state index contributed by atoms with van der Waals surface area (Å²) in [5.41, 5.74) is 1.40. The minimum Gasteiger partial charge on any atom is -0.494 e. The van der Waals surface area contributed by atoms with E-state index in [0.29, 0.717) is 0 Å². The SMILES string of the molecule is CCOc1ccc(Br)c(CC2CCN(CC3CCN(C4CCCCC4)CN3C)CC2)c1. The second kappa shape index (κ2) is 11.5. The monoisotopic (exact) mass is 491 g/mol. The summed E-state index contributed by atoms with van der Waals surface area (Å²) in [6, 6.07) is 8.03. The topological polar surface area (TPSA) is 19.0 Å². The van der Waals surface area contributed by atoms with Gasteiger partial charge in [-0.25, -0.2) is 0 Å². The number of benzene rings is 1. The largest absolute Gasteiger partial charge is 0.494 e. The molecule has 174 valence electrons. The Morgan fingerprint density at radius 1 is 1.00 bits per heavy atom. The van der Waals surface area contributed by atoms with Crippen LogP contribution in [0, 0.1) is 5.92 Å². The number of likely N-dealkylation sites (N-methyl/N-ethyl adjacent to an activating group) is 1. The highest BCUT2D eigenvalue weighted by molar-refractivity contribution is 9.10. The molecule has 0 aromatic heterocycles. The second-order valence-corrected chi connectivity index (χ2v) is 10.9. The first-order chi connectivity index (χ1) is 15.1. The maximum Gasteiger partial charge on any atom is 0.119 e. The zero-order valence-corrected chi connectivity index (χ0v) is 21.3. The minimum absolute atomic E-state index is 0.730. The van der Waals surface area contributed by atoms with Gasteiger partial charge in [0.25, 0.3) is 0 Å². The molecule has 31 heavy (non-hydrogen) atoms. The van der Waals surface area contributed by atoms with Gasteiger partial charge < -0.3 is 9.64 Å². The predicted octanol–water partition coefficient (Wildman–Crippen LogP) is 5.40. The van der Waals surface area contributed by atoms with Crippen molar-refractivity contribution in [3.05, 3.63) is 28.2 Å². The Hall–Kier alpha value is -0.620. The Morgan fingerprint density at radius 2 is 1.77 bits per heavy atom. The molecule has 1 atom stereocenters. The van der Waals surface area contributed by atoms with E-state index in [1.165, 1.54) is 94.3 Å². The normalized spacial score (nSPS) is 25.7. The molecule has 2 aliphatic heterocycles. The van der Waals surface area contributed by atoms with Gasteiger partial charge in [-0.05, 0) is 95.3 Å². The van der Waals surface area contributed by atoms with E-state index in [1.54, 1.807) is 0 Å². The van der Waals surface area contributed by atoms with Gasteiger partial charge in [0.05, 0.1) is 13.3 Å². The number of hydrogen-bond donors (Lipinski definition) is 0. The molecule has 3 fully saturated rings. The second-order valence-electron chi connectivity index (χ2n) is 10.1. The van der Waals surface area contributed by atoms with Crippen molar-refractivity contribution >= 4 is 15.9 Å². The van der Waals surface area contributed by atoms with Crippen LogP contribution < -0.4 is 4.74 Å². The van der Waals surface area contributed by atoms with E-state index in [-0.39, 0.29) is 0 Å². The maximum absolute atomic E-state index is 5.71. The molecule has 4 nitrogen and oxygen atoms in total. The summed E-state index contributed by atoms with van der Waals surface area (Å²) in [5.74, 6) is 1.79. The highest BCUT2D eigenvalue weighted by Crippen LogP contribution is 2.30. The molecule has 1 saturated carbocycles. The first-order valence-corrected chi connectivity index (χ1v) is 13.5. The minimum atomic E-state index is 0.730. The van der Waals surface area contributed by atoms with Crippen molar-refractivity contribution < 1.29 is 4.74 Å². The molecule has 0 N–H and O–H groups in total. The van der Waals surface area contributed by atoms with Crippen molar-refractivity contribution in [3.8, 4) is 5.75 Å². The van der Waals surface area contributed by atoms with E-state index in [2.05, 4.69) is 62.8 Å². The predicted molar refractivity (Wildman–Crippen MR) is 133 cm³/mol. The molecule has 0 amide bonds. The van der Waals surface area contributed by atoms with Gasteiger partial charge in [-0.3, -0.25) is 9.80 Å². The Kier molecular flexibility index (Phi) is 8.72. The van der Waals surface area contributed by atoms with Crippen LogP contribution in [0.5, 0.6) is 5.75 Å². The van der Waals surface area contributed by atoms with Gasteiger partial charge in [0.15, 0.2) is 0 Å². The summed E-state index contributed by atoms with van der Waals surface area (Å²) >= 11 is 3.75. The van der Waals surface area contributed by atoms with E-state index >= 15 is 0 Å². The van der Waals surface area contributed by atoms with Gasteiger partial charge in [0.2, 0.25) is 0 Å². The van der Waals surface area contributed by atoms with Crippen molar-refractivity contribution in [3.63, 3.8) is 0 Å². The summed E-state index contributed by atoms with van der Waals surface area (Å²) in [6.07, 6.45) is 12.3. The molecule has 1 aromatic carbocycles. The van der Waals surface area contributed by atoms with Crippen molar-refractivity contribution in [1.82, 2.24) is 14.7 Å². The molecule has 0 radical (unpaired) electrons. The molecule has 1 aromatic rings. The fourth-order valence-corrected chi connectivity index (χ4v) is 6.34. The van der Waals surface area contributed by atoms with Gasteiger partial charge in [0, 0.05) is 29.6 Å². The summed E-state index contributed by atoms with van der Waals surface area (Å²) in [4.78, 5) is 8.15. The molecular weight excluding hydrogens is 450 g/mol. The molecule has 2 saturated heterocycles. The molecule has 2 heterocycles. The molecule has 4 rings (SSSR count). The van der Waals surface area contributed by atoms with E-state index in [0.717, 1.165) is 36.8 Å². The third-order valence-electron chi connectivity index (χ3n) is 7.88. The molecule has 1 unspecified atom stereocenters. The van der Waals surface area contributed by atoms with Gasteiger partial charge in [-0.1, -0.05) is 35.2 Å². The van der Waals surface area contributed by atoms with Crippen molar-refractivity contribution in [2.75, 3.05) is 46.5 Å². The van der Waals surface area contributed by atoms with E-state index < -0.39 is 0 Å². The number of ether oxygens (including phenoxy) is 1. The Balaban J connectivity index is 1.21. The summed E-state index contributed by atoms with van der Waals surface area (Å²) in [6.45, 7) is 9.03. The highest BCUT2D eigenvalue weighted by Gasteiger charge is 2.31. The van der Waals surface area contributed by atoms with Gasteiger partial charge in [-0.15, -0.1) is 0 Å². The molecule has 5 heteroatoms. The molecule has 1 aliphatic carbocycles. The van der Waals surface area contributed by atoms with Crippen LogP contribution in [0.15, 0.2) is 22.7 Å². The highest BCUT2D eigenvalue weighted by atomic mass is 79.9. The molecule has 3 aliphatic rings. The number of hydrogen-bond acceptors (Lipinski definition) is 4. The lowest BCUT2D eigenvalue weighted by Gasteiger charge is -2.46. The lowest BCUT2D eigenvalue weighted by Crippen LogP contribution is -2.56. The zero-order chi connectivity index (χ0) is 21.6. The van der Waals surface area contributed by atoms with Crippen molar-refractivity contribution in [2.24, 2.45) is 5.92 Å². The average Bonchev–Trinajstić information content (AvgIpc) is 2.79. The van der Waals surface area contributed by atoms with E-state index in [9.17, 15) is 0 Å². The number of nitrogens with zero attached hydrogens (tertiary/aromatic N) is 3. The fraction of sp³-hybridized carbons (Fsp3) is 0.769. The molecule has 0 spiro atoms. The summed E-state index contributed by atoms with van der Waals surface area (Å²) < 4.78 is 6.94. The average molecular weight is 493 g/mol. The van der Waals surface area contributed by atoms with Crippen LogP contribution >= 0.6 is 15.9 Å². The standard InChI is InChI=1S/C26H42BrN3O/c1-3-31-25-9-10-26(27)22(18-25)17-21-11-14-29(15-12-21)19-24-13-16-30(20-28(24)2)23-7-5-4-6-8-23/h9-10,18,21,23-24H,3-8,11-17,19-20H2,1-2H3. The van der Waals surface area contributed by atoms with Crippen LogP contribution in [0.3, 0.4) is 0 Å². The van der Waals surface area contributed by atoms with Gasteiger partial charge in [-0.2, -0.15) is 0 Å². The maximum atomic E-state index is 5.71. The Morgan fingerprint density at radius 3 is 2.48 bits per heavy atom. The zero-order valence-electron chi connectivity index (χ0n) is 19.7. The van der Waals surface area contributed by atoms with E-state index in [4.69, 9.17) is 4.74 Å². The van der Waals surface area contributed by atoms with Gasteiger partial charge >= 0.3 is 0 Å². The Bertz CT molecular complexity index is 685. The third kappa shape index (κ3) is 6.46. The fourth-order valence-electron chi connectivity index (χ4n) is 5.93. The molecular formula is C26H42BrN3O. The van der Waals surface area contributed by atoms with Crippen LogP contribution in [0.25, 0.3) is 0 Å². The van der Waals surface area contributed by atoms with Crippen LogP contribution in [0.1, 0.15) is 63.9 Å². The van der Waals surface area contributed by atoms with Crippen LogP contribution in [-0.4, -0.2) is 73.3 Å². The lowest BCUT2D eigenvalue weighted by atomic mass is 9.89. The van der Waals surface area contributed by atoms with Crippen LogP contribution in [0.2, 0.25) is 0 Å². The van der Waals surface area contributed by atoms with Crippen molar-refractivity contribution in [1.29, 1.82) is 0 Å². The van der Waals surface area contributed by atoms with Gasteiger partial charge in [0.1, 0.15) is 5.75 Å². The first-order valence-electron chi connectivity index (χ1n) is 12.7. The first kappa shape index (κ1) is 23.5. The number of piperidine rings is 1. The summed E-state index contributed by atoms with van der Waals surface area (Å²) in [5, 5.41) is 0. The molecule has 0 bridgehead atoms. The van der Waals surface area contributed by atoms with Crippen LogP contribution in [0.4, 0.5) is 0 Å². The smallest absolute Gasteiger partial charge is 0.119 e. The summed E-state index contributed by atoms with van der Waals surface area (Å²) in [7, 11) is 2.36. The lowest BCUT2D eigenvalue weighted by molar-refractivity contribution is 0.00326. The van der Waals surface area contributed by atoms with Crippen molar-refractivity contribution in [2.45, 2.75) is 76.8 Å². The quantitative estimate of drug-likeness (QED) is 0.508. The van der Waals surface area contributed by atoms with E-state index in [1.807, 2.05) is 0 Å². The number of likely N-dealkylation sites (tertiary alicyclic amines) is 1. The van der Waals surface area contributed by atoms with Crippen LogP contribution in [-0.2, 0) is 6.42 Å². The number of rotatable bonds is 7.